The van der Waals surface area contributed by atoms with Gasteiger partial charge in [-0.3, -0.25) is 4.40 Å². The molecule has 7 nitrogen and oxygen atoms in total. The summed E-state index contributed by atoms with van der Waals surface area (Å²) in [4.78, 5) is 13.5. The lowest BCUT2D eigenvalue weighted by atomic mass is 10.0. The molecule has 3 heterocycles. The minimum absolute atomic E-state index is 0.651. The molecule has 0 spiro atoms. The highest BCUT2D eigenvalue weighted by Gasteiger charge is 2.10. The molecule has 28 heavy (non-hydrogen) atoms. The standard InChI is InChI=1S/C21H23N7/c1-14-3-5-17(15(2)11-14)18-12-20-24-9-10-28(20)21(27-18)25-8-7-23-19-6-4-16(22)13-26-19/h3-6,9-13H,7-8,22H2,1-2H3,(H,23,26)(H,25,27). The van der Waals surface area contributed by atoms with Crippen LogP contribution in [0, 0.1) is 13.8 Å². The lowest BCUT2D eigenvalue weighted by Gasteiger charge is -2.12. The van der Waals surface area contributed by atoms with Crippen LogP contribution in [0.2, 0.25) is 0 Å². The Balaban J connectivity index is 1.53. The Labute approximate surface area is 163 Å². The fourth-order valence-electron chi connectivity index (χ4n) is 3.16. The van der Waals surface area contributed by atoms with E-state index in [9.17, 15) is 0 Å². The minimum Gasteiger partial charge on any atom is -0.397 e. The summed E-state index contributed by atoms with van der Waals surface area (Å²) in [5, 5.41) is 6.66. The highest BCUT2D eigenvalue weighted by molar-refractivity contribution is 5.69. The first kappa shape index (κ1) is 17.8. The number of rotatable bonds is 6. The summed E-state index contributed by atoms with van der Waals surface area (Å²) < 4.78 is 1.95. The zero-order chi connectivity index (χ0) is 19.5. The van der Waals surface area contributed by atoms with Gasteiger partial charge in [0.2, 0.25) is 5.95 Å². The lowest BCUT2D eigenvalue weighted by Crippen LogP contribution is -2.17. The van der Waals surface area contributed by atoms with Crippen LogP contribution in [0.25, 0.3) is 16.9 Å². The first-order valence-electron chi connectivity index (χ1n) is 9.21. The van der Waals surface area contributed by atoms with E-state index in [1.54, 1.807) is 12.4 Å². The molecule has 0 bridgehead atoms. The van der Waals surface area contributed by atoms with E-state index in [0.717, 1.165) is 28.7 Å². The minimum atomic E-state index is 0.651. The first-order valence-corrected chi connectivity index (χ1v) is 9.21. The van der Waals surface area contributed by atoms with Gasteiger partial charge in [0.1, 0.15) is 11.5 Å². The maximum absolute atomic E-state index is 5.66. The fraction of sp³-hybridized carbons (Fsp3) is 0.190. The Morgan fingerprint density at radius 1 is 1.00 bits per heavy atom. The molecular weight excluding hydrogens is 350 g/mol. The molecule has 3 aromatic heterocycles. The van der Waals surface area contributed by atoms with Crippen LogP contribution < -0.4 is 16.4 Å². The molecule has 4 N–H and O–H groups in total. The van der Waals surface area contributed by atoms with Crippen molar-refractivity contribution in [1.29, 1.82) is 0 Å². The van der Waals surface area contributed by atoms with Crippen LogP contribution >= 0.6 is 0 Å². The number of nitrogens with two attached hydrogens (primary N) is 1. The molecule has 0 saturated heterocycles. The summed E-state index contributed by atoms with van der Waals surface area (Å²) in [6, 6.07) is 12.1. The number of benzene rings is 1. The molecule has 0 amide bonds. The summed E-state index contributed by atoms with van der Waals surface area (Å²) in [5.74, 6) is 1.55. The van der Waals surface area contributed by atoms with E-state index < -0.39 is 0 Å². The molecule has 0 saturated carbocycles. The molecule has 4 rings (SSSR count). The molecular formula is C21H23N7. The van der Waals surface area contributed by atoms with Crippen molar-refractivity contribution in [3.63, 3.8) is 0 Å². The molecule has 1 aromatic carbocycles. The zero-order valence-electron chi connectivity index (χ0n) is 16.0. The molecule has 0 radical (unpaired) electrons. The third kappa shape index (κ3) is 3.73. The molecule has 0 aliphatic heterocycles. The van der Waals surface area contributed by atoms with Crippen molar-refractivity contribution in [1.82, 2.24) is 19.4 Å². The number of nitrogens with one attached hydrogen (secondary N) is 2. The van der Waals surface area contributed by atoms with Gasteiger partial charge in [0.25, 0.3) is 0 Å². The summed E-state index contributed by atoms with van der Waals surface area (Å²) in [6.07, 6.45) is 5.33. The maximum Gasteiger partial charge on any atom is 0.209 e. The van der Waals surface area contributed by atoms with E-state index in [2.05, 4.69) is 52.6 Å². The smallest absolute Gasteiger partial charge is 0.209 e. The second kappa shape index (κ2) is 7.56. The maximum atomic E-state index is 5.66. The molecule has 7 heteroatoms. The van der Waals surface area contributed by atoms with Crippen molar-refractivity contribution in [3.8, 4) is 11.3 Å². The van der Waals surface area contributed by atoms with E-state index in [-0.39, 0.29) is 0 Å². The average molecular weight is 373 g/mol. The number of aromatic nitrogens is 4. The second-order valence-corrected chi connectivity index (χ2v) is 6.77. The normalized spacial score (nSPS) is 10.9. The van der Waals surface area contributed by atoms with Crippen LogP contribution in [-0.2, 0) is 0 Å². The third-order valence-electron chi connectivity index (χ3n) is 4.55. The molecule has 0 aliphatic carbocycles. The van der Waals surface area contributed by atoms with Crippen LogP contribution in [0.3, 0.4) is 0 Å². The average Bonchev–Trinajstić information content (AvgIpc) is 3.15. The second-order valence-electron chi connectivity index (χ2n) is 6.77. The van der Waals surface area contributed by atoms with Crippen molar-refractivity contribution >= 4 is 23.1 Å². The summed E-state index contributed by atoms with van der Waals surface area (Å²) in [6.45, 7) is 5.58. The van der Waals surface area contributed by atoms with E-state index in [1.165, 1.54) is 11.1 Å². The molecule has 4 aromatic rings. The van der Waals surface area contributed by atoms with Gasteiger partial charge in [0, 0.05) is 37.1 Å². The number of fused-ring (bicyclic) bond motifs is 1. The van der Waals surface area contributed by atoms with Crippen molar-refractivity contribution in [3.05, 3.63) is 66.1 Å². The van der Waals surface area contributed by atoms with Gasteiger partial charge in [-0.1, -0.05) is 23.8 Å². The van der Waals surface area contributed by atoms with Gasteiger partial charge in [-0.15, -0.1) is 0 Å². The van der Waals surface area contributed by atoms with Gasteiger partial charge in [-0.25, -0.2) is 15.0 Å². The van der Waals surface area contributed by atoms with Gasteiger partial charge < -0.3 is 16.4 Å². The number of hydrogen-bond acceptors (Lipinski definition) is 6. The number of nitrogens with zero attached hydrogens (tertiary/aromatic N) is 4. The van der Waals surface area contributed by atoms with Crippen molar-refractivity contribution < 1.29 is 0 Å². The quantitative estimate of drug-likeness (QED) is 0.448. The summed E-state index contributed by atoms with van der Waals surface area (Å²) >= 11 is 0. The van der Waals surface area contributed by atoms with Crippen LogP contribution in [-0.4, -0.2) is 32.4 Å². The number of anilines is 3. The molecule has 142 valence electrons. The number of aryl methyl sites for hydroxylation is 2. The molecule has 0 atom stereocenters. The zero-order valence-corrected chi connectivity index (χ0v) is 16.0. The lowest BCUT2D eigenvalue weighted by molar-refractivity contribution is 0.995. The first-order chi connectivity index (χ1) is 13.6. The van der Waals surface area contributed by atoms with E-state index >= 15 is 0 Å². The van der Waals surface area contributed by atoms with Crippen LogP contribution in [0.15, 0.2) is 55.0 Å². The largest absolute Gasteiger partial charge is 0.397 e. The van der Waals surface area contributed by atoms with Crippen LogP contribution in [0.5, 0.6) is 0 Å². The van der Waals surface area contributed by atoms with Gasteiger partial charge in [-0.2, -0.15) is 0 Å². The summed E-state index contributed by atoms with van der Waals surface area (Å²) in [5.41, 5.74) is 11.6. The van der Waals surface area contributed by atoms with E-state index in [4.69, 9.17) is 10.7 Å². The molecule has 0 unspecified atom stereocenters. The Morgan fingerprint density at radius 2 is 1.86 bits per heavy atom. The van der Waals surface area contributed by atoms with Crippen molar-refractivity contribution in [2.24, 2.45) is 0 Å². The van der Waals surface area contributed by atoms with Gasteiger partial charge >= 0.3 is 0 Å². The van der Waals surface area contributed by atoms with Gasteiger partial charge in [0.05, 0.1) is 17.6 Å². The Hall–Kier alpha value is -3.61. The Kier molecular flexibility index (Phi) is 4.80. The number of imidazole rings is 1. The highest BCUT2D eigenvalue weighted by Crippen LogP contribution is 2.25. The molecule has 0 fully saturated rings. The monoisotopic (exact) mass is 373 g/mol. The third-order valence-corrected chi connectivity index (χ3v) is 4.55. The predicted octanol–water partition coefficient (Wildman–Crippen LogP) is 3.51. The summed E-state index contributed by atoms with van der Waals surface area (Å²) in [7, 11) is 0. The van der Waals surface area contributed by atoms with Gasteiger partial charge in [0.15, 0.2) is 0 Å². The van der Waals surface area contributed by atoms with Crippen molar-refractivity contribution in [2.45, 2.75) is 13.8 Å². The van der Waals surface area contributed by atoms with E-state index in [0.29, 0.717) is 18.8 Å². The van der Waals surface area contributed by atoms with Gasteiger partial charge in [-0.05, 0) is 31.5 Å². The van der Waals surface area contributed by atoms with Crippen LogP contribution in [0.1, 0.15) is 11.1 Å². The SMILES string of the molecule is Cc1ccc(-c2cc3nccn3c(NCCNc3ccc(N)cn3)n2)c(C)c1. The topological polar surface area (TPSA) is 93.2 Å². The Bertz CT molecular complexity index is 1100. The number of pyridine rings is 1. The van der Waals surface area contributed by atoms with Crippen molar-refractivity contribution in [2.75, 3.05) is 29.5 Å². The number of nitrogen functional groups attached to an aromatic ring is 1. The Morgan fingerprint density at radius 3 is 2.64 bits per heavy atom. The highest BCUT2D eigenvalue weighted by atomic mass is 15.2. The van der Waals surface area contributed by atoms with E-state index in [1.807, 2.05) is 28.8 Å². The van der Waals surface area contributed by atoms with Crippen LogP contribution in [0.4, 0.5) is 17.5 Å². The fourth-order valence-corrected chi connectivity index (χ4v) is 3.16. The molecule has 0 aliphatic rings. The predicted molar refractivity (Wildman–Crippen MR) is 114 cm³/mol. The number of hydrogen-bond donors (Lipinski definition) is 3.